The van der Waals surface area contributed by atoms with Gasteiger partial charge in [-0.05, 0) is 38.0 Å². The zero-order valence-corrected chi connectivity index (χ0v) is 15.6. The van der Waals surface area contributed by atoms with Gasteiger partial charge in [0.1, 0.15) is 6.54 Å². The normalized spacial score (nSPS) is 14.2. The van der Waals surface area contributed by atoms with Gasteiger partial charge in [-0.1, -0.05) is 6.07 Å². The van der Waals surface area contributed by atoms with E-state index < -0.39 is 0 Å². The summed E-state index contributed by atoms with van der Waals surface area (Å²) < 4.78 is 4.98. The Morgan fingerprint density at radius 1 is 1.33 bits per heavy atom. The zero-order chi connectivity index (χ0) is 19.8. The van der Waals surface area contributed by atoms with Crippen LogP contribution in [-0.2, 0) is 14.3 Å². The van der Waals surface area contributed by atoms with Gasteiger partial charge in [-0.25, -0.2) is 4.79 Å². The predicted molar refractivity (Wildman–Crippen MR) is 98.9 cm³/mol. The molecule has 1 aromatic carbocycles. The summed E-state index contributed by atoms with van der Waals surface area (Å²) in [6.07, 6.45) is 0.936. The van der Waals surface area contributed by atoms with Crippen LogP contribution in [0.25, 0.3) is 0 Å². The molecule has 0 bridgehead atoms. The highest BCUT2D eigenvalue weighted by Crippen LogP contribution is 2.17. The number of nitriles is 1. The highest BCUT2D eigenvalue weighted by Gasteiger charge is 2.25. The van der Waals surface area contributed by atoms with Crippen LogP contribution in [-0.4, -0.2) is 55.1 Å². The lowest BCUT2D eigenvalue weighted by molar-refractivity contribution is -0.123. The summed E-state index contributed by atoms with van der Waals surface area (Å²) in [5, 5.41) is 11.9. The molecule has 144 valence electrons. The van der Waals surface area contributed by atoms with E-state index >= 15 is 0 Å². The molecule has 8 heteroatoms. The summed E-state index contributed by atoms with van der Waals surface area (Å²) in [6.45, 7) is 4.39. The predicted octanol–water partition coefficient (Wildman–Crippen LogP) is 1.65. The van der Waals surface area contributed by atoms with E-state index in [-0.39, 0.29) is 30.5 Å². The van der Waals surface area contributed by atoms with E-state index in [1.807, 2.05) is 6.07 Å². The van der Waals surface area contributed by atoms with Crippen LogP contribution in [0.2, 0.25) is 0 Å². The molecule has 27 heavy (non-hydrogen) atoms. The van der Waals surface area contributed by atoms with Crippen LogP contribution >= 0.6 is 0 Å². The van der Waals surface area contributed by atoms with E-state index in [0.29, 0.717) is 43.8 Å². The third kappa shape index (κ3) is 5.71. The van der Waals surface area contributed by atoms with Gasteiger partial charge < -0.3 is 19.9 Å². The molecular formula is C19H24N4O4. The molecule has 2 rings (SSSR count). The van der Waals surface area contributed by atoms with Gasteiger partial charge >= 0.3 is 6.09 Å². The van der Waals surface area contributed by atoms with E-state index in [9.17, 15) is 14.4 Å². The van der Waals surface area contributed by atoms with Crippen LogP contribution in [0, 0.1) is 11.3 Å². The molecule has 0 aromatic heterocycles. The van der Waals surface area contributed by atoms with Gasteiger partial charge in [0.2, 0.25) is 11.8 Å². The first-order chi connectivity index (χ1) is 12.9. The fraction of sp³-hybridized carbons (Fsp3) is 0.474. The van der Waals surface area contributed by atoms with E-state index in [2.05, 4.69) is 5.32 Å². The standard InChI is InChI=1S/C19H24N4O4/c1-3-27-19(26)22-9-7-16(8-10-22)21-18(25)13-23(14(2)24)17-6-4-5-15(11-17)12-20/h4-6,11,16H,3,7-10,13H2,1-2H3,(H,21,25). The van der Waals surface area contributed by atoms with Crippen LogP contribution in [0.1, 0.15) is 32.3 Å². The minimum absolute atomic E-state index is 0.0533. The van der Waals surface area contributed by atoms with Crippen molar-refractivity contribution in [1.29, 1.82) is 5.26 Å². The van der Waals surface area contributed by atoms with Crippen molar-refractivity contribution in [2.24, 2.45) is 0 Å². The summed E-state index contributed by atoms with van der Waals surface area (Å²) in [7, 11) is 0. The Balaban J connectivity index is 1.91. The molecule has 3 amide bonds. The van der Waals surface area contributed by atoms with Crippen LogP contribution in [0.4, 0.5) is 10.5 Å². The number of ether oxygens (including phenoxy) is 1. The maximum absolute atomic E-state index is 12.4. The molecule has 8 nitrogen and oxygen atoms in total. The fourth-order valence-corrected chi connectivity index (χ4v) is 2.97. The highest BCUT2D eigenvalue weighted by atomic mass is 16.6. The summed E-state index contributed by atoms with van der Waals surface area (Å²) in [4.78, 5) is 39.0. The first-order valence-electron chi connectivity index (χ1n) is 8.94. The smallest absolute Gasteiger partial charge is 0.409 e. The minimum Gasteiger partial charge on any atom is -0.450 e. The molecule has 0 atom stereocenters. The quantitative estimate of drug-likeness (QED) is 0.846. The van der Waals surface area contributed by atoms with Gasteiger partial charge in [0.25, 0.3) is 0 Å². The Morgan fingerprint density at radius 3 is 2.63 bits per heavy atom. The maximum atomic E-state index is 12.4. The van der Waals surface area contributed by atoms with Crippen LogP contribution < -0.4 is 10.2 Å². The van der Waals surface area contributed by atoms with Crippen molar-refractivity contribution in [3.8, 4) is 6.07 Å². The number of benzene rings is 1. The molecule has 1 aliphatic heterocycles. The topological polar surface area (TPSA) is 103 Å². The Hall–Kier alpha value is -3.08. The van der Waals surface area contributed by atoms with Gasteiger partial charge in [0, 0.05) is 31.7 Å². The van der Waals surface area contributed by atoms with Gasteiger partial charge in [0.15, 0.2) is 0 Å². The van der Waals surface area contributed by atoms with Gasteiger partial charge in [-0.15, -0.1) is 0 Å². The molecule has 1 aromatic rings. The lowest BCUT2D eigenvalue weighted by atomic mass is 10.1. The first kappa shape index (κ1) is 20.2. The Labute approximate surface area is 158 Å². The summed E-state index contributed by atoms with van der Waals surface area (Å²) in [6, 6.07) is 8.54. The van der Waals surface area contributed by atoms with Crippen molar-refractivity contribution in [3.05, 3.63) is 29.8 Å². The number of carbonyl (C=O) groups excluding carboxylic acids is 3. The SMILES string of the molecule is CCOC(=O)N1CCC(NC(=O)CN(C(C)=O)c2cccc(C#N)c2)CC1. The van der Waals surface area contributed by atoms with E-state index in [4.69, 9.17) is 10.00 Å². The van der Waals surface area contributed by atoms with Gasteiger partial charge in [-0.3, -0.25) is 9.59 Å². The van der Waals surface area contributed by atoms with Crippen LogP contribution in [0.3, 0.4) is 0 Å². The van der Waals surface area contributed by atoms with E-state index in [0.717, 1.165) is 0 Å². The summed E-state index contributed by atoms with van der Waals surface area (Å²) in [5.74, 6) is -0.556. The Morgan fingerprint density at radius 2 is 2.04 bits per heavy atom. The molecule has 0 spiro atoms. The number of nitrogens with zero attached hydrogens (tertiary/aromatic N) is 3. The number of hydrogen-bond acceptors (Lipinski definition) is 5. The minimum atomic E-state index is -0.331. The molecular weight excluding hydrogens is 348 g/mol. The van der Waals surface area contributed by atoms with Crippen molar-refractivity contribution in [1.82, 2.24) is 10.2 Å². The number of likely N-dealkylation sites (tertiary alicyclic amines) is 1. The molecule has 0 unspecified atom stereocenters. The average molecular weight is 372 g/mol. The average Bonchev–Trinajstić information content (AvgIpc) is 2.66. The second kappa shape index (κ2) is 9.57. The maximum Gasteiger partial charge on any atom is 0.409 e. The summed E-state index contributed by atoms with van der Waals surface area (Å²) >= 11 is 0. The second-order valence-corrected chi connectivity index (χ2v) is 6.30. The summed E-state index contributed by atoms with van der Waals surface area (Å²) in [5.41, 5.74) is 0.930. The number of rotatable bonds is 5. The monoisotopic (exact) mass is 372 g/mol. The number of hydrogen-bond donors (Lipinski definition) is 1. The van der Waals surface area contributed by atoms with Crippen molar-refractivity contribution in [3.63, 3.8) is 0 Å². The zero-order valence-electron chi connectivity index (χ0n) is 15.6. The third-order valence-electron chi connectivity index (χ3n) is 4.35. The number of anilines is 1. The highest BCUT2D eigenvalue weighted by molar-refractivity contribution is 5.97. The second-order valence-electron chi connectivity index (χ2n) is 6.30. The fourth-order valence-electron chi connectivity index (χ4n) is 2.97. The molecule has 0 aliphatic carbocycles. The van der Waals surface area contributed by atoms with Crippen LogP contribution in [0.15, 0.2) is 24.3 Å². The molecule has 0 radical (unpaired) electrons. The van der Waals surface area contributed by atoms with Gasteiger partial charge in [0.05, 0.1) is 18.2 Å². The van der Waals surface area contributed by atoms with Crippen molar-refractivity contribution >= 4 is 23.6 Å². The Bertz CT molecular complexity index is 735. The largest absolute Gasteiger partial charge is 0.450 e. The number of nitrogens with one attached hydrogen (secondary N) is 1. The van der Waals surface area contributed by atoms with Crippen molar-refractivity contribution in [2.45, 2.75) is 32.7 Å². The lowest BCUT2D eigenvalue weighted by Crippen LogP contribution is -2.49. The van der Waals surface area contributed by atoms with Crippen molar-refractivity contribution in [2.75, 3.05) is 31.1 Å². The number of carbonyl (C=O) groups is 3. The molecule has 1 aliphatic rings. The van der Waals surface area contributed by atoms with E-state index in [1.54, 1.807) is 36.1 Å². The molecule has 1 saturated heterocycles. The number of amides is 3. The molecule has 0 saturated carbocycles. The van der Waals surface area contributed by atoms with Crippen LogP contribution in [0.5, 0.6) is 0 Å². The Kier molecular flexibility index (Phi) is 7.17. The van der Waals surface area contributed by atoms with Gasteiger partial charge in [-0.2, -0.15) is 5.26 Å². The molecule has 1 N–H and O–H groups in total. The third-order valence-corrected chi connectivity index (χ3v) is 4.35. The van der Waals surface area contributed by atoms with Crippen molar-refractivity contribution < 1.29 is 19.1 Å². The number of piperidine rings is 1. The first-order valence-corrected chi connectivity index (χ1v) is 8.94. The lowest BCUT2D eigenvalue weighted by Gasteiger charge is -2.32. The van der Waals surface area contributed by atoms with E-state index in [1.165, 1.54) is 11.8 Å². The molecule has 1 heterocycles. The molecule has 1 fully saturated rings.